The van der Waals surface area contributed by atoms with Gasteiger partial charge in [-0.15, -0.1) is 0 Å². The zero-order valence-corrected chi connectivity index (χ0v) is 20.0. The van der Waals surface area contributed by atoms with Gasteiger partial charge in [0.15, 0.2) is 0 Å². The van der Waals surface area contributed by atoms with E-state index >= 15 is 0 Å². The first-order valence-corrected chi connectivity index (χ1v) is 12.2. The van der Waals surface area contributed by atoms with Gasteiger partial charge in [-0.25, -0.2) is 13.4 Å². The van der Waals surface area contributed by atoms with Crippen molar-refractivity contribution in [1.82, 2.24) is 19.6 Å². The van der Waals surface area contributed by atoms with Gasteiger partial charge in [-0.3, -0.25) is 4.79 Å². The molecule has 0 spiro atoms. The highest BCUT2D eigenvalue weighted by Crippen LogP contribution is 2.25. The van der Waals surface area contributed by atoms with E-state index in [2.05, 4.69) is 15.3 Å². The third-order valence-corrected chi connectivity index (χ3v) is 7.67. The molecule has 32 heavy (non-hydrogen) atoms. The monoisotopic (exact) mass is 474 g/mol. The highest BCUT2D eigenvalue weighted by atomic mass is 35.5. The van der Waals surface area contributed by atoms with Crippen molar-refractivity contribution in [2.45, 2.75) is 44.2 Å². The van der Waals surface area contributed by atoms with Gasteiger partial charge in [0.1, 0.15) is 5.82 Å². The molecule has 3 aromatic rings. The predicted octanol–water partition coefficient (Wildman–Crippen LogP) is 4.64. The van der Waals surface area contributed by atoms with Crippen LogP contribution in [0.2, 0.25) is 5.02 Å². The summed E-state index contributed by atoms with van der Waals surface area (Å²) in [4.78, 5) is 20.7. The fraction of sp³-hybridized carbons (Fsp3) is 0.304. The second-order valence-corrected chi connectivity index (χ2v) is 10.1. The van der Waals surface area contributed by atoms with Crippen molar-refractivity contribution < 1.29 is 13.2 Å². The molecule has 0 saturated heterocycles. The summed E-state index contributed by atoms with van der Waals surface area (Å²) in [6.07, 6.45) is 2.31. The van der Waals surface area contributed by atoms with Crippen LogP contribution in [0.3, 0.4) is 0 Å². The maximum atomic E-state index is 13.0. The number of carbonyl (C=O) groups is 1. The molecule has 1 aromatic heterocycles. The molecule has 1 heterocycles. The largest absolute Gasteiger partial charge is 0.342 e. The number of nitrogens with one attached hydrogen (secondary N) is 2. The van der Waals surface area contributed by atoms with Gasteiger partial charge >= 0.3 is 0 Å². The number of hydrogen-bond acceptors (Lipinski definition) is 4. The maximum Gasteiger partial charge on any atom is 0.253 e. The van der Waals surface area contributed by atoms with Crippen molar-refractivity contribution >= 4 is 27.5 Å². The topological polar surface area (TPSA) is 95.2 Å². The minimum absolute atomic E-state index is 0.0145. The Hall–Kier alpha value is -2.68. The van der Waals surface area contributed by atoms with Gasteiger partial charge in [0.05, 0.1) is 33.4 Å². The molecule has 170 valence electrons. The lowest BCUT2D eigenvalue weighted by Gasteiger charge is -2.21. The van der Waals surface area contributed by atoms with Crippen LogP contribution in [0, 0.1) is 0 Å². The smallest absolute Gasteiger partial charge is 0.253 e. The van der Waals surface area contributed by atoms with Crippen LogP contribution in [0.5, 0.6) is 0 Å². The van der Waals surface area contributed by atoms with Crippen LogP contribution >= 0.6 is 11.6 Å². The molecule has 2 N–H and O–H groups in total. The molecule has 0 aliphatic carbocycles. The van der Waals surface area contributed by atoms with Crippen LogP contribution in [-0.2, 0) is 10.0 Å². The number of sulfonamides is 1. The molecule has 0 fully saturated rings. The van der Waals surface area contributed by atoms with Crippen LogP contribution in [0.4, 0.5) is 0 Å². The minimum atomic E-state index is -3.75. The molecule has 0 aliphatic heterocycles. The molecule has 0 saturated carbocycles. The number of hydrogen-bond donors (Lipinski definition) is 2. The molecule has 3 rings (SSSR count). The van der Waals surface area contributed by atoms with E-state index in [1.54, 1.807) is 20.0 Å². The van der Waals surface area contributed by atoms with Gasteiger partial charge in [-0.05, 0) is 44.0 Å². The fourth-order valence-corrected chi connectivity index (χ4v) is 4.76. The summed E-state index contributed by atoms with van der Waals surface area (Å²) in [6.45, 7) is 5.48. The second kappa shape index (κ2) is 9.85. The summed E-state index contributed by atoms with van der Waals surface area (Å²) < 4.78 is 26.9. The molecule has 0 radical (unpaired) electrons. The van der Waals surface area contributed by atoms with Gasteiger partial charge < -0.3 is 10.3 Å². The van der Waals surface area contributed by atoms with Gasteiger partial charge in [-0.2, -0.15) is 4.31 Å². The second-order valence-electron chi connectivity index (χ2n) is 7.74. The van der Waals surface area contributed by atoms with E-state index < -0.39 is 22.0 Å². The normalized spacial score (nSPS) is 12.8. The molecule has 1 unspecified atom stereocenters. The number of carbonyl (C=O) groups excluding carboxylic acids is 1. The van der Waals surface area contributed by atoms with Crippen LogP contribution in [0.25, 0.3) is 11.3 Å². The number of benzene rings is 2. The predicted molar refractivity (Wildman–Crippen MR) is 126 cm³/mol. The summed E-state index contributed by atoms with van der Waals surface area (Å²) in [5.74, 6) is 0.142. The van der Waals surface area contributed by atoms with Crippen LogP contribution in [-0.4, -0.2) is 41.7 Å². The van der Waals surface area contributed by atoms with Gasteiger partial charge in [-0.1, -0.05) is 48.9 Å². The number of imidazole rings is 1. The van der Waals surface area contributed by atoms with Crippen molar-refractivity contribution in [2.75, 3.05) is 7.05 Å². The number of amides is 1. The Bertz CT molecular complexity index is 1190. The number of aromatic nitrogens is 2. The summed E-state index contributed by atoms with van der Waals surface area (Å²) in [5.41, 5.74) is 1.93. The number of aromatic amines is 1. The average Bonchev–Trinajstić information content (AvgIpc) is 3.27. The summed E-state index contributed by atoms with van der Waals surface area (Å²) in [7, 11) is -2.25. The van der Waals surface area contributed by atoms with Crippen molar-refractivity contribution in [3.63, 3.8) is 0 Å². The molecule has 9 heteroatoms. The number of H-pyrrole nitrogens is 1. The average molecular weight is 475 g/mol. The zero-order valence-electron chi connectivity index (χ0n) is 18.5. The Labute approximate surface area is 193 Å². The van der Waals surface area contributed by atoms with E-state index in [0.717, 1.165) is 11.3 Å². The third kappa shape index (κ3) is 5.03. The standard InChI is InChI=1S/C23H27ClN4O3S/c1-5-20(22-25-14-21(26-22)16-9-7-6-8-10-16)27-23(29)18-13-17(11-12-19(18)24)32(30,31)28(4)15(2)3/h6-15,20H,5H2,1-4H3,(H,25,26)(H,27,29). The summed E-state index contributed by atoms with van der Waals surface area (Å²) >= 11 is 6.25. The number of halogens is 1. The third-order valence-electron chi connectivity index (χ3n) is 5.31. The molecule has 2 aromatic carbocycles. The van der Waals surface area contributed by atoms with Crippen LogP contribution < -0.4 is 5.32 Å². The fourth-order valence-electron chi connectivity index (χ4n) is 3.16. The van der Waals surface area contributed by atoms with Crippen LogP contribution in [0.1, 0.15) is 49.4 Å². The molecule has 7 nitrogen and oxygen atoms in total. The van der Waals surface area contributed by atoms with Crippen molar-refractivity contribution in [2.24, 2.45) is 0 Å². The number of rotatable bonds is 8. The first kappa shape index (κ1) is 24.0. The molecule has 1 atom stereocenters. The van der Waals surface area contributed by atoms with Crippen molar-refractivity contribution in [3.05, 3.63) is 71.1 Å². The maximum absolute atomic E-state index is 13.0. The van der Waals surface area contributed by atoms with E-state index in [-0.39, 0.29) is 21.5 Å². The van der Waals surface area contributed by atoms with E-state index in [0.29, 0.717) is 12.2 Å². The lowest BCUT2D eigenvalue weighted by atomic mass is 10.1. The van der Waals surface area contributed by atoms with Gasteiger partial charge in [0.2, 0.25) is 10.0 Å². The lowest BCUT2D eigenvalue weighted by Crippen LogP contribution is -2.33. The highest BCUT2D eigenvalue weighted by Gasteiger charge is 2.26. The van der Waals surface area contributed by atoms with Crippen LogP contribution in [0.15, 0.2) is 59.6 Å². The van der Waals surface area contributed by atoms with E-state index in [4.69, 9.17) is 11.6 Å². The first-order valence-electron chi connectivity index (χ1n) is 10.3. The quantitative estimate of drug-likeness (QED) is 0.497. The Morgan fingerprint density at radius 2 is 1.88 bits per heavy atom. The van der Waals surface area contributed by atoms with Crippen molar-refractivity contribution in [1.29, 1.82) is 0 Å². The Kier molecular flexibility index (Phi) is 7.38. The Balaban J connectivity index is 1.85. The number of nitrogens with zero attached hydrogens (tertiary/aromatic N) is 2. The Morgan fingerprint density at radius 3 is 2.50 bits per heavy atom. The summed E-state index contributed by atoms with van der Waals surface area (Å²) in [5, 5.41) is 3.08. The minimum Gasteiger partial charge on any atom is -0.342 e. The SMILES string of the molecule is CCC(NC(=O)c1cc(S(=O)(=O)N(C)C(C)C)ccc1Cl)c1ncc(-c2ccccc2)[nH]1. The molecule has 0 aliphatic rings. The Morgan fingerprint density at radius 1 is 1.19 bits per heavy atom. The van der Waals surface area contributed by atoms with Gasteiger partial charge in [0, 0.05) is 13.1 Å². The van der Waals surface area contributed by atoms with E-state index in [1.807, 2.05) is 37.3 Å². The van der Waals surface area contributed by atoms with Gasteiger partial charge in [0.25, 0.3) is 5.91 Å². The van der Waals surface area contributed by atoms with Crippen molar-refractivity contribution in [3.8, 4) is 11.3 Å². The molecule has 0 bridgehead atoms. The first-order chi connectivity index (χ1) is 15.1. The lowest BCUT2D eigenvalue weighted by molar-refractivity contribution is 0.0934. The highest BCUT2D eigenvalue weighted by molar-refractivity contribution is 7.89. The zero-order chi connectivity index (χ0) is 23.5. The van der Waals surface area contributed by atoms with E-state index in [9.17, 15) is 13.2 Å². The summed E-state index contributed by atoms with van der Waals surface area (Å²) in [6, 6.07) is 13.3. The van der Waals surface area contributed by atoms with E-state index in [1.165, 1.54) is 29.6 Å². The molecular weight excluding hydrogens is 448 g/mol. The molecular formula is C23H27ClN4O3S. The molecule has 1 amide bonds.